The van der Waals surface area contributed by atoms with Crippen LogP contribution in [0, 0.1) is 13.8 Å². The fourth-order valence-electron chi connectivity index (χ4n) is 1.06. The topological polar surface area (TPSA) is 54.9 Å². The molecule has 84 valence electrons. The van der Waals surface area contributed by atoms with E-state index in [0.29, 0.717) is 23.3 Å². The Kier molecular flexibility index (Phi) is 4.47. The second kappa shape index (κ2) is 5.42. The maximum atomic E-state index is 10.9. The smallest absolute Gasteiger partial charge is 0.155 e. The Morgan fingerprint density at radius 2 is 2.00 bits per heavy atom. The fraction of sp³-hybridized carbons (Fsp3) is 0.556. The molecule has 0 aliphatic heterocycles. The van der Waals surface area contributed by atoms with Gasteiger partial charge in [0.1, 0.15) is 0 Å². The lowest BCUT2D eigenvalue weighted by Crippen LogP contribution is -2.12. The Balaban J connectivity index is 2.70. The van der Waals surface area contributed by atoms with Gasteiger partial charge in [-0.25, -0.2) is 0 Å². The van der Waals surface area contributed by atoms with Gasteiger partial charge in [0.25, 0.3) is 0 Å². The third-order valence-electron chi connectivity index (χ3n) is 2.15. The Hall–Kier alpha value is -0.680. The number of hydrogen-bond acceptors (Lipinski definition) is 4. The quantitative estimate of drug-likeness (QED) is 0.877. The Morgan fingerprint density at radius 3 is 2.60 bits per heavy atom. The fourth-order valence-corrected chi connectivity index (χ4v) is 1.63. The van der Waals surface area contributed by atoms with Gasteiger partial charge in [0, 0.05) is 29.4 Å². The monoisotopic (exact) mass is 247 g/mol. The number of aromatic nitrogens is 2. The zero-order chi connectivity index (χ0) is 11.4. The molecule has 0 aliphatic rings. The van der Waals surface area contributed by atoms with E-state index in [0.717, 1.165) is 11.1 Å². The molecule has 0 spiro atoms. The van der Waals surface area contributed by atoms with E-state index in [2.05, 4.69) is 15.5 Å². The average molecular weight is 248 g/mol. The summed E-state index contributed by atoms with van der Waals surface area (Å²) >= 11 is 5.82. The van der Waals surface area contributed by atoms with Gasteiger partial charge >= 0.3 is 0 Å². The van der Waals surface area contributed by atoms with Crippen LogP contribution in [0.3, 0.4) is 0 Å². The lowest BCUT2D eigenvalue weighted by molar-refractivity contribution is 0.687. The van der Waals surface area contributed by atoms with Gasteiger partial charge in [0.15, 0.2) is 11.0 Å². The standard InChI is InChI=1S/C9H14ClN3OS/c1-6-7(2)9(13-12-8(6)10)11-4-5-15(3)14/h4-5H2,1-3H3,(H,11,13). The van der Waals surface area contributed by atoms with E-state index in [1.54, 1.807) is 6.26 Å². The summed E-state index contributed by atoms with van der Waals surface area (Å²) < 4.78 is 10.9. The van der Waals surface area contributed by atoms with Gasteiger partial charge in [-0.15, -0.1) is 10.2 Å². The number of hydrogen-bond donors (Lipinski definition) is 1. The first-order valence-electron chi connectivity index (χ1n) is 4.55. The normalized spacial score (nSPS) is 12.5. The van der Waals surface area contributed by atoms with Crippen LogP contribution in [-0.2, 0) is 10.8 Å². The molecule has 1 heterocycles. The van der Waals surface area contributed by atoms with Crippen LogP contribution in [0.4, 0.5) is 5.82 Å². The third kappa shape index (κ3) is 3.43. The number of nitrogens with zero attached hydrogens (tertiary/aromatic N) is 2. The molecular formula is C9H14ClN3OS. The highest BCUT2D eigenvalue weighted by atomic mass is 35.5. The molecule has 1 aromatic rings. The van der Waals surface area contributed by atoms with Crippen molar-refractivity contribution in [2.45, 2.75) is 13.8 Å². The number of nitrogens with one attached hydrogen (secondary N) is 1. The molecule has 1 aromatic heterocycles. The summed E-state index contributed by atoms with van der Waals surface area (Å²) in [7, 11) is -0.792. The van der Waals surface area contributed by atoms with Crippen molar-refractivity contribution in [1.82, 2.24) is 10.2 Å². The van der Waals surface area contributed by atoms with E-state index in [1.807, 2.05) is 13.8 Å². The minimum Gasteiger partial charge on any atom is -0.367 e. The molecule has 1 rings (SSSR count). The second-order valence-corrected chi connectivity index (χ2v) is 5.21. The average Bonchev–Trinajstić information content (AvgIpc) is 2.18. The van der Waals surface area contributed by atoms with E-state index < -0.39 is 10.8 Å². The SMILES string of the molecule is Cc1c(Cl)nnc(NCCS(C)=O)c1C. The molecule has 1 N–H and O–H groups in total. The molecule has 0 aromatic carbocycles. The number of halogens is 1. The van der Waals surface area contributed by atoms with Crippen molar-refractivity contribution in [1.29, 1.82) is 0 Å². The van der Waals surface area contributed by atoms with Crippen molar-refractivity contribution in [3.8, 4) is 0 Å². The van der Waals surface area contributed by atoms with Gasteiger partial charge in [0.2, 0.25) is 0 Å². The summed E-state index contributed by atoms with van der Waals surface area (Å²) in [6.07, 6.45) is 1.67. The number of anilines is 1. The van der Waals surface area contributed by atoms with E-state index in [4.69, 9.17) is 11.6 Å². The second-order valence-electron chi connectivity index (χ2n) is 3.29. The lowest BCUT2D eigenvalue weighted by Gasteiger charge is -2.09. The van der Waals surface area contributed by atoms with Crippen molar-refractivity contribution in [3.05, 3.63) is 16.3 Å². The van der Waals surface area contributed by atoms with Crippen LogP contribution >= 0.6 is 11.6 Å². The predicted octanol–water partition coefficient (Wildman–Crippen LogP) is 1.54. The molecule has 0 saturated carbocycles. The molecule has 0 amide bonds. The van der Waals surface area contributed by atoms with Crippen LogP contribution < -0.4 is 5.32 Å². The van der Waals surface area contributed by atoms with Crippen LogP contribution in [0.1, 0.15) is 11.1 Å². The van der Waals surface area contributed by atoms with Gasteiger partial charge in [-0.2, -0.15) is 0 Å². The first-order valence-corrected chi connectivity index (χ1v) is 6.66. The highest BCUT2D eigenvalue weighted by Crippen LogP contribution is 2.20. The molecule has 0 radical (unpaired) electrons. The highest BCUT2D eigenvalue weighted by Gasteiger charge is 2.07. The Labute approximate surface area is 96.9 Å². The van der Waals surface area contributed by atoms with Crippen molar-refractivity contribution >= 4 is 28.2 Å². The molecule has 15 heavy (non-hydrogen) atoms. The molecule has 1 atom stereocenters. The van der Waals surface area contributed by atoms with Crippen LogP contribution in [0.25, 0.3) is 0 Å². The van der Waals surface area contributed by atoms with Gasteiger partial charge in [0.05, 0.1) is 0 Å². The van der Waals surface area contributed by atoms with Crippen molar-refractivity contribution in [3.63, 3.8) is 0 Å². The minimum atomic E-state index is -0.792. The van der Waals surface area contributed by atoms with Gasteiger partial charge in [-0.1, -0.05) is 11.6 Å². The van der Waals surface area contributed by atoms with Crippen LogP contribution in [0.2, 0.25) is 5.15 Å². The van der Waals surface area contributed by atoms with Crippen molar-refractivity contribution in [2.24, 2.45) is 0 Å². The molecule has 6 heteroatoms. The highest BCUT2D eigenvalue weighted by molar-refractivity contribution is 7.84. The molecule has 0 saturated heterocycles. The molecule has 0 fully saturated rings. The van der Waals surface area contributed by atoms with Gasteiger partial charge in [-0.3, -0.25) is 4.21 Å². The lowest BCUT2D eigenvalue weighted by atomic mass is 10.2. The first kappa shape index (κ1) is 12.4. The van der Waals surface area contributed by atoms with Crippen molar-refractivity contribution < 1.29 is 4.21 Å². The van der Waals surface area contributed by atoms with E-state index in [1.165, 1.54) is 0 Å². The molecule has 1 unspecified atom stereocenters. The van der Waals surface area contributed by atoms with Gasteiger partial charge < -0.3 is 5.32 Å². The van der Waals surface area contributed by atoms with E-state index >= 15 is 0 Å². The van der Waals surface area contributed by atoms with Crippen molar-refractivity contribution in [2.75, 3.05) is 23.9 Å². The summed E-state index contributed by atoms with van der Waals surface area (Å²) in [5.41, 5.74) is 1.91. The summed E-state index contributed by atoms with van der Waals surface area (Å²) in [5.74, 6) is 1.31. The third-order valence-corrected chi connectivity index (χ3v) is 3.29. The Bertz CT molecular complexity index is 384. The zero-order valence-corrected chi connectivity index (χ0v) is 10.6. The molecular weight excluding hydrogens is 234 g/mol. The summed E-state index contributed by atoms with van der Waals surface area (Å²) in [4.78, 5) is 0. The molecule has 0 aliphatic carbocycles. The summed E-state index contributed by atoms with van der Waals surface area (Å²) in [6.45, 7) is 4.45. The summed E-state index contributed by atoms with van der Waals surface area (Å²) in [6, 6.07) is 0. The largest absolute Gasteiger partial charge is 0.367 e. The zero-order valence-electron chi connectivity index (χ0n) is 9.00. The Morgan fingerprint density at radius 1 is 1.33 bits per heavy atom. The maximum absolute atomic E-state index is 10.9. The van der Waals surface area contributed by atoms with Crippen LogP contribution in [-0.4, -0.2) is 33.0 Å². The van der Waals surface area contributed by atoms with Crippen LogP contribution in [0.5, 0.6) is 0 Å². The first-order chi connectivity index (χ1) is 7.02. The minimum absolute atomic E-state index is 0.428. The maximum Gasteiger partial charge on any atom is 0.155 e. The van der Waals surface area contributed by atoms with Gasteiger partial charge in [-0.05, 0) is 25.0 Å². The summed E-state index contributed by atoms with van der Waals surface area (Å²) in [5, 5.41) is 11.3. The molecule has 0 bridgehead atoms. The molecule has 4 nitrogen and oxygen atoms in total. The number of rotatable bonds is 4. The van der Waals surface area contributed by atoms with Crippen LogP contribution in [0.15, 0.2) is 0 Å². The van der Waals surface area contributed by atoms with E-state index in [9.17, 15) is 4.21 Å². The van der Waals surface area contributed by atoms with E-state index in [-0.39, 0.29) is 0 Å². The predicted molar refractivity (Wildman–Crippen MR) is 63.9 cm³/mol.